The fourth-order valence-corrected chi connectivity index (χ4v) is 2.10. The van der Waals surface area contributed by atoms with Gasteiger partial charge >= 0.3 is 0 Å². The molecule has 0 unspecified atom stereocenters. The maximum Gasteiger partial charge on any atom is 0.251 e. The van der Waals surface area contributed by atoms with Crippen LogP contribution in [0.25, 0.3) is 0 Å². The third-order valence-electron chi connectivity index (χ3n) is 3.34. The minimum absolute atomic E-state index is 0. The lowest BCUT2D eigenvalue weighted by molar-refractivity contribution is 0.0674. The number of carbonyl (C=O) groups is 1. The van der Waals surface area contributed by atoms with Crippen LogP contribution in [-0.2, 0) is 4.74 Å². The number of guanidine groups is 1. The number of benzene rings is 1. The lowest BCUT2D eigenvalue weighted by Crippen LogP contribution is -2.45. The lowest BCUT2D eigenvalue weighted by Gasteiger charge is -2.27. The highest BCUT2D eigenvalue weighted by Crippen LogP contribution is 2.12. The molecule has 3 N–H and O–H groups in total. The van der Waals surface area contributed by atoms with Gasteiger partial charge in [0.05, 0.1) is 26.9 Å². The van der Waals surface area contributed by atoms with E-state index in [0.29, 0.717) is 43.6 Å². The Hall–Kier alpha value is -1.55. The van der Waals surface area contributed by atoms with Crippen LogP contribution in [0.3, 0.4) is 0 Å². The zero-order valence-corrected chi connectivity index (χ0v) is 15.5. The number of nitrogens with two attached hydrogens (primary N) is 1. The smallest absolute Gasteiger partial charge is 0.251 e. The van der Waals surface area contributed by atoms with E-state index in [1.165, 1.54) is 0 Å². The molecular formula is C15H23IN4O3. The average molecular weight is 434 g/mol. The Labute approximate surface area is 153 Å². The second-order valence-corrected chi connectivity index (χ2v) is 4.83. The van der Waals surface area contributed by atoms with Crippen LogP contribution in [0.2, 0.25) is 0 Å². The molecule has 1 aromatic rings. The van der Waals surface area contributed by atoms with Gasteiger partial charge in [-0.1, -0.05) is 6.07 Å². The zero-order valence-electron chi connectivity index (χ0n) is 13.2. The first-order valence-electron chi connectivity index (χ1n) is 7.25. The Kier molecular flexibility index (Phi) is 8.70. The first-order valence-corrected chi connectivity index (χ1v) is 7.25. The fourth-order valence-electron chi connectivity index (χ4n) is 2.10. The molecule has 23 heavy (non-hydrogen) atoms. The van der Waals surface area contributed by atoms with Gasteiger partial charge in [-0.3, -0.25) is 9.79 Å². The number of carbonyl (C=O) groups excluding carboxylic acids is 1. The van der Waals surface area contributed by atoms with Crippen molar-refractivity contribution in [2.75, 3.05) is 46.5 Å². The maximum atomic E-state index is 12.0. The molecule has 7 nitrogen and oxygen atoms in total. The summed E-state index contributed by atoms with van der Waals surface area (Å²) in [6, 6.07) is 7.01. The summed E-state index contributed by atoms with van der Waals surface area (Å²) >= 11 is 0. The molecule has 0 saturated carbocycles. The van der Waals surface area contributed by atoms with E-state index < -0.39 is 0 Å². The third-order valence-corrected chi connectivity index (χ3v) is 3.34. The van der Waals surface area contributed by atoms with Gasteiger partial charge in [-0.25, -0.2) is 0 Å². The molecule has 1 aromatic carbocycles. The van der Waals surface area contributed by atoms with E-state index in [0.717, 1.165) is 13.1 Å². The summed E-state index contributed by atoms with van der Waals surface area (Å²) in [6.07, 6.45) is 0. The van der Waals surface area contributed by atoms with Crippen molar-refractivity contribution in [2.24, 2.45) is 10.7 Å². The maximum absolute atomic E-state index is 12.0. The molecule has 1 aliphatic rings. The molecule has 128 valence electrons. The van der Waals surface area contributed by atoms with Crippen LogP contribution in [0.4, 0.5) is 0 Å². The van der Waals surface area contributed by atoms with Gasteiger partial charge in [0.1, 0.15) is 5.75 Å². The summed E-state index contributed by atoms with van der Waals surface area (Å²) in [7, 11) is 1.57. The molecule has 0 aromatic heterocycles. The second kappa shape index (κ2) is 10.3. The highest BCUT2D eigenvalue weighted by Gasteiger charge is 2.11. The number of nitrogens with one attached hydrogen (secondary N) is 1. The predicted molar refractivity (Wildman–Crippen MR) is 99.6 cm³/mol. The van der Waals surface area contributed by atoms with Gasteiger partial charge in [0.2, 0.25) is 0 Å². The minimum atomic E-state index is -0.154. The number of amides is 1. The van der Waals surface area contributed by atoms with Crippen molar-refractivity contribution in [1.29, 1.82) is 0 Å². The first-order chi connectivity index (χ1) is 10.7. The van der Waals surface area contributed by atoms with E-state index >= 15 is 0 Å². The molecule has 1 amide bonds. The number of halogens is 1. The summed E-state index contributed by atoms with van der Waals surface area (Å²) < 4.78 is 10.4. The van der Waals surface area contributed by atoms with Crippen molar-refractivity contribution in [1.82, 2.24) is 10.2 Å². The Morgan fingerprint density at radius 1 is 1.43 bits per heavy atom. The van der Waals surface area contributed by atoms with Gasteiger partial charge in [-0.15, -0.1) is 24.0 Å². The summed E-state index contributed by atoms with van der Waals surface area (Å²) in [5, 5.41) is 2.81. The molecular weight excluding hydrogens is 411 g/mol. The Bertz CT molecular complexity index is 533. The number of aliphatic imine (C=N–C) groups is 1. The quantitative estimate of drug-likeness (QED) is 0.308. The summed E-state index contributed by atoms with van der Waals surface area (Å²) in [6.45, 7) is 3.72. The standard InChI is InChI=1S/C15H22N4O3.HI/c1-21-13-4-2-3-12(11-13)14(20)17-5-6-18-15(16)19-7-9-22-10-8-19;/h2-4,11H,5-10H2,1H3,(H2,16,18)(H,17,20);1H. The van der Waals surface area contributed by atoms with Crippen LogP contribution in [0.5, 0.6) is 5.75 Å². The lowest BCUT2D eigenvalue weighted by atomic mass is 10.2. The van der Waals surface area contributed by atoms with Crippen molar-refractivity contribution in [2.45, 2.75) is 0 Å². The molecule has 0 bridgehead atoms. The highest BCUT2D eigenvalue weighted by molar-refractivity contribution is 14.0. The largest absolute Gasteiger partial charge is 0.497 e. The number of rotatable bonds is 5. The highest BCUT2D eigenvalue weighted by atomic mass is 127. The number of nitrogens with zero attached hydrogens (tertiary/aromatic N) is 2. The Morgan fingerprint density at radius 3 is 2.87 bits per heavy atom. The van der Waals surface area contributed by atoms with Crippen LogP contribution < -0.4 is 15.8 Å². The van der Waals surface area contributed by atoms with Crippen molar-refractivity contribution in [3.05, 3.63) is 29.8 Å². The Morgan fingerprint density at radius 2 is 2.17 bits per heavy atom. The molecule has 0 atom stereocenters. The molecule has 1 saturated heterocycles. The van der Waals surface area contributed by atoms with Crippen molar-refractivity contribution in [3.63, 3.8) is 0 Å². The van der Waals surface area contributed by atoms with Crippen LogP contribution in [0, 0.1) is 0 Å². The summed E-state index contributed by atoms with van der Waals surface area (Å²) in [5.74, 6) is 1.00. The van der Waals surface area contributed by atoms with Gasteiger partial charge in [0.15, 0.2) is 5.96 Å². The average Bonchev–Trinajstić information content (AvgIpc) is 2.59. The van der Waals surface area contributed by atoms with E-state index in [1.54, 1.807) is 31.4 Å². The molecule has 0 aliphatic carbocycles. The summed E-state index contributed by atoms with van der Waals surface area (Å²) in [4.78, 5) is 18.2. The van der Waals surface area contributed by atoms with Crippen molar-refractivity contribution in [3.8, 4) is 5.75 Å². The van der Waals surface area contributed by atoms with Crippen LogP contribution in [0.1, 0.15) is 10.4 Å². The van der Waals surface area contributed by atoms with Crippen molar-refractivity contribution < 1.29 is 14.3 Å². The van der Waals surface area contributed by atoms with E-state index in [4.69, 9.17) is 15.2 Å². The van der Waals surface area contributed by atoms with E-state index in [2.05, 4.69) is 10.3 Å². The number of hydrogen-bond donors (Lipinski definition) is 2. The van der Waals surface area contributed by atoms with Crippen LogP contribution in [-0.4, -0.2) is 63.3 Å². The molecule has 8 heteroatoms. The molecule has 0 spiro atoms. The van der Waals surface area contributed by atoms with Crippen LogP contribution in [0.15, 0.2) is 29.3 Å². The fraction of sp³-hybridized carbons (Fsp3) is 0.467. The van der Waals surface area contributed by atoms with E-state index in [1.807, 2.05) is 4.90 Å². The minimum Gasteiger partial charge on any atom is -0.497 e. The second-order valence-electron chi connectivity index (χ2n) is 4.83. The van der Waals surface area contributed by atoms with Crippen molar-refractivity contribution >= 4 is 35.8 Å². The third kappa shape index (κ3) is 6.22. The predicted octanol–water partition coefficient (Wildman–Crippen LogP) is 0.690. The van der Waals surface area contributed by atoms with E-state index in [9.17, 15) is 4.79 Å². The zero-order chi connectivity index (χ0) is 15.8. The molecule has 1 aliphatic heterocycles. The number of ether oxygens (including phenoxy) is 2. The van der Waals surface area contributed by atoms with Gasteiger partial charge < -0.3 is 25.4 Å². The molecule has 0 radical (unpaired) electrons. The monoisotopic (exact) mass is 434 g/mol. The molecule has 2 rings (SSSR count). The molecule has 1 fully saturated rings. The topological polar surface area (TPSA) is 89.2 Å². The SMILES string of the molecule is COc1cccc(C(=O)NCCN=C(N)N2CCOCC2)c1.I. The van der Waals surface area contributed by atoms with Crippen LogP contribution >= 0.6 is 24.0 Å². The van der Waals surface area contributed by atoms with Gasteiger partial charge in [-0.2, -0.15) is 0 Å². The van der Waals surface area contributed by atoms with E-state index in [-0.39, 0.29) is 29.9 Å². The molecule has 1 heterocycles. The number of hydrogen-bond acceptors (Lipinski definition) is 4. The van der Waals surface area contributed by atoms with Gasteiger partial charge in [0, 0.05) is 25.2 Å². The normalized spacial score (nSPS) is 14.8. The van der Waals surface area contributed by atoms with Gasteiger partial charge in [0.25, 0.3) is 5.91 Å². The first kappa shape index (κ1) is 19.5. The summed E-state index contributed by atoms with van der Waals surface area (Å²) in [5.41, 5.74) is 6.47. The Balaban J connectivity index is 0.00000264. The number of methoxy groups -OCH3 is 1. The van der Waals surface area contributed by atoms with Gasteiger partial charge in [-0.05, 0) is 18.2 Å². The number of morpholine rings is 1.